The van der Waals surface area contributed by atoms with E-state index in [1.165, 1.54) is 0 Å². The molecule has 2 nitrogen and oxygen atoms in total. The fraction of sp³-hybridized carbons (Fsp3) is 1.00. The lowest BCUT2D eigenvalue weighted by Gasteiger charge is -2.29. The fourth-order valence-corrected chi connectivity index (χ4v) is 1.75. The second-order valence-electron chi connectivity index (χ2n) is 4.27. The molecule has 0 aromatic carbocycles. The Hall–Kier alpha value is -0.0800. The Morgan fingerprint density at radius 3 is 2.00 bits per heavy atom. The summed E-state index contributed by atoms with van der Waals surface area (Å²) >= 11 is 0. The van der Waals surface area contributed by atoms with Gasteiger partial charge in [0.1, 0.15) is 0 Å². The molecule has 0 bridgehead atoms. The van der Waals surface area contributed by atoms with Crippen molar-refractivity contribution in [1.29, 1.82) is 0 Å². The van der Waals surface area contributed by atoms with Crippen LogP contribution in [-0.2, 0) is 4.74 Å². The van der Waals surface area contributed by atoms with Crippen molar-refractivity contribution in [3.05, 3.63) is 0 Å². The highest BCUT2D eigenvalue weighted by molar-refractivity contribution is 4.75. The minimum absolute atomic E-state index is 0.364. The number of ether oxygens (including phenoxy) is 1. The zero-order valence-electron chi connectivity index (χ0n) is 9.92. The van der Waals surface area contributed by atoms with E-state index in [1.807, 2.05) is 7.05 Å². The van der Waals surface area contributed by atoms with E-state index in [0.29, 0.717) is 24.0 Å². The maximum absolute atomic E-state index is 5.30. The molecule has 0 spiro atoms. The highest BCUT2D eigenvalue weighted by atomic mass is 16.5. The van der Waals surface area contributed by atoms with Crippen LogP contribution in [0.5, 0.6) is 0 Å². The molecule has 3 unspecified atom stereocenters. The normalized spacial score (nSPS) is 18.7. The molecule has 0 amide bonds. The van der Waals surface area contributed by atoms with E-state index in [1.54, 1.807) is 7.11 Å². The van der Waals surface area contributed by atoms with Crippen LogP contribution < -0.4 is 5.32 Å². The summed E-state index contributed by atoms with van der Waals surface area (Å²) in [7, 11) is 3.81. The van der Waals surface area contributed by atoms with Crippen molar-refractivity contribution < 1.29 is 4.74 Å². The Labute approximate surface area is 83.1 Å². The molecule has 0 heterocycles. The number of rotatable bonds is 6. The van der Waals surface area contributed by atoms with Gasteiger partial charge >= 0.3 is 0 Å². The zero-order valence-corrected chi connectivity index (χ0v) is 9.92. The van der Waals surface area contributed by atoms with E-state index in [9.17, 15) is 0 Å². The van der Waals surface area contributed by atoms with Crippen LogP contribution in [0.2, 0.25) is 0 Å². The monoisotopic (exact) mass is 187 g/mol. The average molecular weight is 187 g/mol. The highest BCUT2D eigenvalue weighted by Gasteiger charge is 2.21. The standard InChI is InChI=1S/C11H25NO/c1-8(2)11(10(4)12-5)7-9(3)13-6/h8-12H,7H2,1-6H3. The third-order valence-corrected chi connectivity index (χ3v) is 2.96. The predicted molar refractivity (Wildman–Crippen MR) is 57.9 cm³/mol. The number of hydrogen-bond donors (Lipinski definition) is 1. The quantitative estimate of drug-likeness (QED) is 0.689. The van der Waals surface area contributed by atoms with Crippen LogP contribution in [0.25, 0.3) is 0 Å². The first-order valence-corrected chi connectivity index (χ1v) is 5.23. The number of hydrogen-bond acceptors (Lipinski definition) is 2. The van der Waals surface area contributed by atoms with Gasteiger partial charge in [-0.2, -0.15) is 0 Å². The molecule has 2 heteroatoms. The molecular weight excluding hydrogens is 162 g/mol. The third kappa shape index (κ3) is 4.63. The predicted octanol–water partition coefficient (Wildman–Crippen LogP) is 2.29. The van der Waals surface area contributed by atoms with Gasteiger partial charge in [-0.05, 0) is 39.2 Å². The molecule has 0 rings (SSSR count). The van der Waals surface area contributed by atoms with Gasteiger partial charge in [0.2, 0.25) is 0 Å². The molecule has 0 saturated carbocycles. The molecule has 0 aliphatic heterocycles. The molecule has 0 fully saturated rings. The van der Waals surface area contributed by atoms with Gasteiger partial charge in [-0.1, -0.05) is 13.8 Å². The van der Waals surface area contributed by atoms with E-state index >= 15 is 0 Å². The molecule has 0 aliphatic carbocycles. The van der Waals surface area contributed by atoms with Crippen LogP contribution in [0.3, 0.4) is 0 Å². The van der Waals surface area contributed by atoms with Crippen molar-refractivity contribution >= 4 is 0 Å². The van der Waals surface area contributed by atoms with Gasteiger partial charge in [-0.3, -0.25) is 0 Å². The van der Waals surface area contributed by atoms with Crippen molar-refractivity contribution in [3.8, 4) is 0 Å². The van der Waals surface area contributed by atoms with Crippen molar-refractivity contribution in [3.63, 3.8) is 0 Å². The Bertz CT molecular complexity index is 125. The van der Waals surface area contributed by atoms with Crippen LogP contribution >= 0.6 is 0 Å². The molecule has 80 valence electrons. The van der Waals surface area contributed by atoms with Gasteiger partial charge in [0.25, 0.3) is 0 Å². The second kappa shape index (κ2) is 6.39. The van der Waals surface area contributed by atoms with Gasteiger partial charge in [0.05, 0.1) is 6.10 Å². The summed E-state index contributed by atoms with van der Waals surface area (Å²) in [5.41, 5.74) is 0. The zero-order chi connectivity index (χ0) is 10.4. The van der Waals surface area contributed by atoms with Crippen LogP contribution in [0.15, 0.2) is 0 Å². The summed E-state index contributed by atoms with van der Waals surface area (Å²) in [6.07, 6.45) is 1.50. The van der Waals surface area contributed by atoms with Gasteiger partial charge < -0.3 is 10.1 Å². The van der Waals surface area contributed by atoms with Gasteiger partial charge in [-0.15, -0.1) is 0 Å². The summed E-state index contributed by atoms with van der Waals surface area (Å²) in [5.74, 6) is 1.40. The molecular formula is C11H25NO. The lowest BCUT2D eigenvalue weighted by atomic mass is 9.85. The first-order chi connectivity index (χ1) is 6.02. The average Bonchev–Trinajstić information content (AvgIpc) is 2.11. The number of methoxy groups -OCH3 is 1. The summed E-state index contributed by atoms with van der Waals surface area (Å²) < 4.78 is 5.30. The molecule has 0 radical (unpaired) electrons. The topological polar surface area (TPSA) is 21.3 Å². The Morgan fingerprint density at radius 1 is 1.15 bits per heavy atom. The van der Waals surface area contributed by atoms with Crippen molar-refractivity contribution in [2.24, 2.45) is 11.8 Å². The van der Waals surface area contributed by atoms with Gasteiger partial charge in [0, 0.05) is 13.2 Å². The molecule has 0 aliphatic rings. The summed E-state index contributed by atoms with van der Waals surface area (Å²) in [6.45, 7) is 8.94. The molecule has 3 atom stereocenters. The van der Waals surface area contributed by atoms with Crippen molar-refractivity contribution in [2.45, 2.75) is 46.3 Å². The van der Waals surface area contributed by atoms with Crippen LogP contribution in [-0.4, -0.2) is 26.3 Å². The summed E-state index contributed by atoms with van der Waals surface area (Å²) in [5, 5.41) is 3.32. The van der Waals surface area contributed by atoms with Crippen LogP contribution in [0.4, 0.5) is 0 Å². The third-order valence-electron chi connectivity index (χ3n) is 2.96. The lowest BCUT2D eigenvalue weighted by molar-refractivity contribution is 0.0791. The smallest absolute Gasteiger partial charge is 0.0546 e. The van der Waals surface area contributed by atoms with E-state index in [0.717, 1.165) is 6.42 Å². The fourth-order valence-electron chi connectivity index (χ4n) is 1.75. The summed E-state index contributed by atoms with van der Waals surface area (Å²) in [4.78, 5) is 0. The van der Waals surface area contributed by atoms with Crippen molar-refractivity contribution in [1.82, 2.24) is 5.32 Å². The number of nitrogens with one attached hydrogen (secondary N) is 1. The lowest BCUT2D eigenvalue weighted by Crippen LogP contribution is -2.35. The minimum Gasteiger partial charge on any atom is -0.382 e. The molecule has 0 saturated heterocycles. The first-order valence-electron chi connectivity index (χ1n) is 5.23. The Kier molecular flexibility index (Phi) is 6.35. The highest BCUT2D eigenvalue weighted by Crippen LogP contribution is 2.21. The largest absolute Gasteiger partial charge is 0.382 e. The maximum Gasteiger partial charge on any atom is 0.0546 e. The van der Waals surface area contributed by atoms with Crippen LogP contribution in [0.1, 0.15) is 34.1 Å². The SMILES string of the molecule is CNC(C)C(CC(C)OC)C(C)C. The maximum atomic E-state index is 5.30. The molecule has 0 aromatic heterocycles. The Morgan fingerprint density at radius 2 is 1.69 bits per heavy atom. The Balaban J connectivity index is 4.09. The van der Waals surface area contributed by atoms with Crippen molar-refractivity contribution in [2.75, 3.05) is 14.2 Å². The first kappa shape index (κ1) is 12.9. The summed E-state index contributed by atoms with van der Waals surface area (Å²) in [6, 6.07) is 0.567. The van der Waals surface area contributed by atoms with Gasteiger partial charge in [0.15, 0.2) is 0 Å². The van der Waals surface area contributed by atoms with E-state index in [4.69, 9.17) is 4.74 Å². The van der Waals surface area contributed by atoms with E-state index in [-0.39, 0.29) is 0 Å². The van der Waals surface area contributed by atoms with Gasteiger partial charge in [-0.25, -0.2) is 0 Å². The van der Waals surface area contributed by atoms with Crippen LogP contribution in [0, 0.1) is 11.8 Å². The molecule has 13 heavy (non-hydrogen) atoms. The minimum atomic E-state index is 0.364. The van der Waals surface area contributed by atoms with E-state index < -0.39 is 0 Å². The second-order valence-corrected chi connectivity index (χ2v) is 4.27. The van der Waals surface area contributed by atoms with E-state index in [2.05, 4.69) is 33.0 Å². The molecule has 1 N–H and O–H groups in total. The molecule has 0 aromatic rings.